The summed E-state index contributed by atoms with van der Waals surface area (Å²) in [6.45, 7) is 6.46. The molecule has 0 N–H and O–H groups in total. The van der Waals surface area contributed by atoms with Crippen LogP contribution in [0.3, 0.4) is 0 Å². The molecule has 0 bridgehead atoms. The van der Waals surface area contributed by atoms with Crippen LogP contribution < -0.4 is 0 Å². The van der Waals surface area contributed by atoms with Crippen LogP contribution in [0.1, 0.15) is 36.9 Å². The molecular weight excluding hydrogens is 206 g/mol. The Labute approximate surface area is 95.9 Å². The summed E-state index contributed by atoms with van der Waals surface area (Å²) in [5, 5.41) is 1.94. The SMILES string of the molecule is CC(C)CC(C)N(C)C(=O)c1cccs1. The van der Waals surface area contributed by atoms with E-state index in [0.29, 0.717) is 12.0 Å². The number of rotatable bonds is 4. The monoisotopic (exact) mass is 225 g/mol. The zero-order valence-corrected chi connectivity index (χ0v) is 10.7. The molecule has 84 valence electrons. The van der Waals surface area contributed by atoms with Gasteiger partial charge in [-0.3, -0.25) is 4.79 Å². The maximum atomic E-state index is 12.0. The summed E-state index contributed by atoms with van der Waals surface area (Å²) >= 11 is 1.50. The van der Waals surface area contributed by atoms with Gasteiger partial charge < -0.3 is 4.90 Å². The lowest BCUT2D eigenvalue weighted by Crippen LogP contribution is -2.35. The number of nitrogens with zero attached hydrogens (tertiary/aromatic N) is 1. The van der Waals surface area contributed by atoms with E-state index in [9.17, 15) is 4.79 Å². The van der Waals surface area contributed by atoms with Crippen LogP contribution in [0.25, 0.3) is 0 Å². The Morgan fingerprint density at radius 1 is 1.47 bits per heavy atom. The third-order valence-electron chi connectivity index (χ3n) is 2.53. The predicted molar refractivity (Wildman–Crippen MR) is 65.3 cm³/mol. The molecule has 1 unspecified atom stereocenters. The molecule has 1 rings (SSSR count). The third kappa shape index (κ3) is 3.34. The molecule has 1 aromatic heterocycles. The molecule has 1 heterocycles. The van der Waals surface area contributed by atoms with Crippen molar-refractivity contribution in [2.75, 3.05) is 7.05 Å². The molecule has 1 atom stereocenters. The minimum atomic E-state index is 0.137. The molecule has 0 aliphatic carbocycles. The maximum Gasteiger partial charge on any atom is 0.263 e. The number of thiophene rings is 1. The Hall–Kier alpha value is -0.830. The summed E-state index contributed by atoms with van der Waals surface area (Å²) in [5.41, 5.74) is 0. The standard InChI is InChI=1S/C12H19NOS/c1-9(2)8-10(3)13(4)12(14)11-6-5-7-15-11/h5-7,9-10H,8H2,1-4H3. The Bertz CT molecular complexity index is 305. The van der Waals surface area contributed by atoms with Gasteiger partial charge in [0.15, 0.2) is 0 Å². The van der Waals surface area contributed by atoms with E-state index < -0.39 is 0 Å². The highest BCUT2D eigenvalue weighted by atomic mass is 32.1. The molecule has 0 radical (unpaired) electrons. The molecule has 0 spiro atoms. The molecule has 0 aliphatic heterocycles. The van der Waals surface area contributed by atoms with Gasteiger partial charge in [0.1, 0.15) is 0 Å². The van der Waals surface area contributed by atoms with Gasteiger partial charge in [-0.15, -0.1) is 11.3 Å². The van der Waals surface area contributed by atoms with Crippen molar-refractivity contribution in [1.29, 1.82) is 0 Å². The van der Waals surface area contributed by atoms with Crippen molar-refractivity contribution in [3.05, 3.63) is 22.4 Å². The Balaban J connectivity index is 2.60. The quantitative estimate of drug-likeness (QED) is 0.770. The van der Waals surface area contributed by atoms with E-state index in [1.54, 1.807) is 0 Å². The van der Waals surface area contributed by atoms with Crippen LogP contribution in [0.2, 0.25) is 0 Å². The molecule has 15 heavy (non-hydrogen) atoms. The van der Waals surface area contributed by atoms with Gasteiger partial charge in [-0.25, -0.2) is 0 Å². The van der Waals surface area contributed by atoms with Gasteiger partial charge in [0.2, 0.25) is 0 Å². The van der Waals surface area contributed by atoms with E-state index in [1.165, 1.54) is 11.3 Å². The van der Waals surface area contributed by atoms with Crippen molar-refractivity contribution < 1.29 is 4.79 Å². The smallest absolute Gasteiger partial charge is 0.263 e. The third-order valence-corrected chi connectivity index (χ3v) is 3.38. The molecule has 0 aliphatic rings. The maximum absolute atomic E-state index is 12.0. The minimum absolute atomic E-state index is 0.137. The Morgan fingerprint density at radius 2 is 2.13 bits per heavy atom. The van der Waals surface area contributed by atoms with Gasteiger partial charge in [0, 0.05) is 13.1 Å². The first kappa shape index (κ1) is 12.2. The Kier molecular flexibility index (Phi) is 4.33. The van der Waals surface area contributed by atoms with E-state index in [4.69, 9.17) is 0 Å². The zero-order chi connectivity index (χ0) is 11.4. The highest BCUT2D eigenvalue weighted by molar-refractivity contribution is 7.12. The van der Waals surface area contributed by atoms with Gasteiger partial charge >= 0.3 is 0 Å². The summed E-state index contributed by atoms with van der Waals surface area (Å²) in [4.78, 5) is 14.6. The van der Waals surface area contributed by atoms with Crippen molar-refractivity contribution in [2.45, 2.75) is 33.2 Å². The molecule has 0 fully saturated rings. The second kappa shape index (κ2) is 5.31. The van der Waals surface area contributed by atoms with Crippen molar-refractivity contribution in [1.82, 2.24) is 4.90 Å². The molecule has 2 nitrogen and oxygen atoms in total. The van der Waals surface area contributed by atoms with E-state index >= 15 is 0 Å². The van der Waals surface area contributed by atoms with Crippen LogP contribution in [0.5, 0.6) is 0 Å². The van der Waals surface area contributed by atoms with Crippen LogP contribution in [-0.2, 0) is 0 Å². The summed E-state index contributed by atoms with van der Waals surface area (Å²) in [6, 6.07) is 4.10. The lowest BCUT2D eigenvalue weighted by atomic mass is 10.0. The predicted octanol–water partition coefficient (Wildman–Crippen LogP) is 3.25. The Morgan fingerprint density at radius 3 is 2.60 bits per heavy atom. The molecular formula is C12H19NOS. The number of hydrogen-bond acceptors (Lipinski definition) is 2. The van der Waals surface area contributed by atoms with Crippen LogP contribution in [0, 0.1) is 5.92 Å². The van der Waals surface area contributed by atoms with Gasteiger partial charge in [0.25, 0.3) is 5.91 Å². The van der Waals surface area contributed by atoms with Crippen LogP contribution in [-0.4, -0.2) is 23.9 Å². The van der Waals surface area contributed by atoms with Crippen molar-refractivity contribution >= 4 is 17.2 Å². The average Bonchev–Trinajstić information content (AvgIpc) is 2.67. The fourth-order valence-electron chi connectivity index (χ4n) is 1.61. The second-order valence-corrected chi connectivity index (χ2v) is 5.32. The largest absolute Gasteiger partial charge is 0.338 e. The van der Waals surface area contributed by atoms with E-state index in [0.717, 1.165) is 11.3 Å². The summed E-state index contributed by atoms with van der Waals surface area (Å²) in [6.07, 6.45) is 1.05. The van der Waals surface area contributed by atoms with Crippen LogP contribution >= 0.6 is 11.3 Å². The van der Waals surface area contributed by atoms with Crippen molar-refractivity contribution in [3.63, 3.8) is 0 Å². The van der Waals surface area contributed by atoms with Gasteiger partial charge in [-0.05, 0) is 30.7 Å². The van der Waals surface area contributed by atoms with Gasteiger partial charge in [-0.1, -0.05) is 19.9 Å². The van der Waals surface area contributed by atoms with Crippen molar-refractivity contribution in [2.24, 2.45) is 5.92 Å². The van der Waals surface area contributed by atoms with E-state index in [2.05, 4.69) is 20.8 Å². The van der Waals surface area contributed by atoms with Crippen LogP contribution in [0.4, 0.5) is 0 Å². The molecule has 1 aromatic rings. The van der Waals surface area contributed by atoms with Crippen LogP contribution in [0.15, 0.2) is 17.5 Å². The molecule has 0 aromatic carbocycles. The van der Waals surface area contributed by atoms with E-state index in [1.807, 2.05) is 29.5 Å². The topological polar surface area (TPSA) is 20.3 Å². The molecule has 3 heteroatoms. The molecule has 0 saturated heterocycles. The second-order valence-electron chi connectivity index (χ2n) is 4.37. The zero-order valence-electron chi connectivity index (χ0n) is 9.86. The number of carbonyl (C=O) groups is 1. The highest BCUT2D eigenvalue weighted by Crippen LogP contribution is 2.16. The first-order valence-corrected chi connectivity index (χ1v) is 6.21. The van der Waals surface area contributed by atoms with Gasteiger partial charge in [0.05, 0.1) is 4.88 Å². The summed E-state index contributed by atoms with van der Waals surface area (Å²) in [7, 11) is 1.88. The van der Waals surface area contributed by atoms with E-state index in [-0.39, 0.29) is 5.91 Å². The summed E-state index contributed by atoms with van der Waals surface area (Å²) < 4.78 is 0. The summed E-state index contributed by atoms with van der Waals surface area (Å²) in [5.74, 6) is 0.761. The minimum Gasteiger partial charge on any atom is -0.338 e. The number of amides is 1. The number of carbonyl (C=O) groups excluding carboxylic acids is 1. The fraction of sp³-hybridized carbons (Fsp3) is 0.583. The molecule has 1 amide bonds. The van der Waals surface area contributed by atoms with Crippen molar-refractivity contribution in [3.8, 4) is 0 Å². The molecule has 0 saturated carbocycles. The normalized spacial score (nSPS) is 12.9. The highest BCUT2D eigenvalue weighted by Gasteiger charge is 2.18. The lowest BCUT2D eigenvalue weighted by molar-refractivity contribution is 0.0733. The first-order chi connectivity index (χ1) is 7.02. The lowest BCUT2D eigenvalue weighted by Gasteiger charge is -2.25. The number of hydrogen-bond donors (Lipinski definition) is 0. The van der Waals surface area contributed by atoms with Gasteiger partial charge in [-0.2, -0.15) is 0 Å². The average molecular weight is 225 g/mol. The fourth-order valence-corrected chi connectivity index (χ4v) is 2.32. The first-order valence-electron chi connectivity index (χ1n) is 5.33.